The maximum absolute atomic E-state index is 13.1. The number of likely N-dealkylation sites (N-methyl/N-ethyl adjacent to an activating group) is 1. The molecule has 0 aromatic heterocycles. The number of nitrogens with zero attached hydrogens (tertiary/aromatic N) is 2. The Kier molecular flexibility index (Phi) is 7.85. The average molecular weight is 539 g/mol. The molecule has 3 aromatic rings. The summed E-state index contributed by atoms with van der Waals surface area (Å²) in [5, 5.41) is 0.693. The van der Waals surface area contributed by atoms with E-state index in [1.165, 1.54) is 23.9 Å². The molecule has 0 unspecified atom stereocenters. The van der Waals surface area contributed by atoms with Gasteiger partial charge in [0.1, 0.15) is 18.2 Å². The molecule has 1 heterocycles. The summed E-state index contributed by atoms with van der Waals surface area (Å²) >= 11 is 4.94. The van der Waals surface area contributed by atoms with Crippen molar-refractivity contribution < 1.29 is 13.9 Å². The minimum atomic E-state index is -0.272. The van der Waals surface area contributed by atoms with Gasteiger partial charge in [-0.2, -0.15) is 0 Å². The van der Waals surface area contributed by atoms with Crippen molar-refractivity contribution >= 4 is 50.5 Å². The molecule has 1 fully saturated rings. The Balaban J connectivity index is 1.52. The van der Waals surface area contributed by atoms with Crippen molar-refractivity contribution in [2.24, 2.45) is 4.99 Å². The fourth-order valence-corrected chi connectivity index (χ4v) is 5.08. The molecule has 0 aliphatic carbocycles. The Labute approximate surface area is 211 Å². The second kappa shape index (κ2) is 11.0. The highest BCUT2D eigenvalue weighted by atomic mass is 79.9. The van der Waals surface area contributed by atoms with Crippen LogP contribution in [0.15, 0.2) is 81.1 Å². The Morgan fingerprint density at radius 3 is 2.56 bits per heavy atom. The summed E-state index contributed by atoms with van der Waals surface area (Å²) in [6.07, 6.45) is 2.75. The monoisotopic (exact) mass is 538 g/mol. The molecular weight excluding hydrogens is 515 g/mol. The number of aryl methyl sites for hydroxylation is 1. The van der Waals surface area contributed by atoms with E-state index < -0.39 is 0 Å². The van der Waals surface area contributed by atoms with Crippen LogP contribution in [-0.4, -0.2) is 22.5 Å². The van der Waals surface area contributed by atoms with Crippen molar-refractivity contribution in [2.75, 3.05) is 6.54 Å². The number of benzene rings is 3. The molecule has 0 bridgehead atoms. The number of hydrogen-bond acceptors (Lipinski definition) is 4. The van der Waals surface area contributed by atoms with Gasteiger partial charge < -0.3 is 4.74 Å². The number of para-hydroxylation sites is 1. The number of ether oxygens (including phenoxy) is 1. The Morgan fingerprint density at radius 2 is 1.85 bits per heavy atom. The summed E-state index contributed by atoms with van der Waals surface area (Å²) in [5.41, 5.74) is 3.80. The van der Waals surface area contributed by atoms with Crippen LogP contribution in [0.2, 0.25) is 0 Å². The number of rotatable bonds is 7. The van der Waals surface area contributed by atoms with E-state index in [-0.39, 0.29) is 11.7 Å². The van der Waals surface area contributed by atoms with Crippen molar-refractivity contribution in [3.63, 3.8) is 0 Å². The summed E-state index contributed by atoms with van der Waals surface area (Å²) < 4.78 is 19.7. The van der Waals surface area contributed by atoms with Crippen LogP contribution in [0.1, 0.15) is 30.5 Å². The number of carbonyl (C=O) groups is 1. The quantitative estimate of drug-likeness (QED) is 0.295. The van der Waals surface area contributed by atoms with E-state index in [0.29, 0.717) is 29.0 Å². The molecule has 0 saturated carbocycles. The van der Waals surface area contributed by atoms with Gasteiger partial charge in [0.15, 0.2) is 5.17 Å². The fourth-order valence-electron chi connectivity index (χ4n) is 3.51. The van der Waals surface area contributed by atoms with Crippen LogP contribution in [0, 0.1) is 5.82 Å². The third-order valence-electron chi connectivity index (χ3n) is 5.35. The van der Waals surface area contributed by atoms with E-state index in [9.17, 15) is 9.18 Å². The normalized spacial score (nSPS) is 16.0. The minimum absolute atomic E-state index is 0.0482. The number of amidine groups is 1. The van der Waals surface area contributed by atoms with E-state index in [1.807, 2.05) is 49.4 Å². The molecule has 4 nitrogen and oxygen atoms in total. The molecule has 4 rings (SSSR count). The van der Waals surface area contributed by atoms with Crippen molar-refractivity contribution in [3.8, 4) is 5.75 Å². The number of thioether (sulfide) groups is 1. The highest BCUT2D eigenvalue weighted by Gasteiger charge is 2.32. The lowest BCUT2D eigenvalue weighted by Gasteiger charge is -2.13. The van der Waals surface area contributed by atoms with Crippen molar-refractivity contribution in [1.82, 2.24) is 4.90 Å². The van der Waals surface area contributed by atoms with E-state index in [1.54, 1.807) is 17.0 Å². The van der Waals surface area contributed by atoms with Crippen LogP contribution in [-0.2, 0) is 17.8 Å². The topological polar surface area (TPSA) is 41.9 Å². The van der Waals surface area contributed by atoms with Gasteiger partial charge in [0, 0.05) is 6.54 Å². The minimum Gasteiger partial charge on any atom is -0.488 e. The number of carbonyl (C=O) groups excluding carboxylic acids is 1. The third-order valence-corrected chi connectivity index (χ3v) is 6.98. The fraction of sp³-hybridized carbons (Fsp3) is 0.185. The molecule has 7 heteroatoms. The molecule has 0 atom stereocenters. The summed E-state index contributed by atoms with van der Waals surface area (Å²) in [6.45, 7) is 4.93. The molecule has 1 saturated heterocycles. The van der Waals surface area contributed by atoms with Crippen LogP contribution in [0.5, 0.6) is 5.75 Å². The van der Waals surface area contributed by atoms with Gasteiger partial charge in [0.2, 0.25) is 0 Å². The molecule has 0 spiro atoms. The SMILES string of the molecule is CCc1ccccc1N=C1S/C(=C/c2ccc(OCc3ccc(F)cc3)c(Br)c2)C(=O)N1CC. The first-order valence-corrected chi connectivity index (χ1v) is 12.6. The zero-order valence-electron chi connectivity index (χ0n) is 18.9. The van der Waals surface area contributed by atoms with E-state index in [0.717, 1.165) is 33.3 Å². The van der Waals surface area contributed by atoms with Crippen molar-refractivity contribution in [2.45, 2.75) is 26.9 Å². The van der Waals surface area contributed by atoms with Crippen molar-refractivity contribution in [1.29, 1.82) is 0 Å². The molecule has 174 valence electrons. The highest BCUT2D eigenvalue weighted by Crippen LogP contribution is 2.36. The first-order chi connectivity index (χ1) is 16.5. The van der Waals surface area contributed by atoms with Crippen LogP contribution >= 0.6 is 27.7 Å². The van der Waals surface area contributed by atoms with Crippen LogP contribution in [0.4, 0.5) is 10.1 Å². The summed E-state index contributed by atoms with van der Waals surface area (Å²) in [6, 6.07) is 19.9. The van der Waals surface area contributed by atoms with E-state index >= 15 is 0 Å². The van der Waals surface area contributed by atoms with Gasteiger partial charge in [-0.05, 0) is 94.1 Å². The Morgan fingerprint density at radius 1 is 1.09 bits per heavy atom. The van der Waals surface area contributed by atoms with Crippen LogP contribution in [0.25, 0.3) is 6.08 Å². The van der Waals surface area contributed by atoms with Gasteiger partial charge in [-0.15, -0.1) is 0 Å². The van der Waals surface area contributed by atoms with Crippen LogP contribution in [0.3, 0.4) is 0 Å². The van der Waals surface area contributed by atoms with Crippen LogP contribution < -0.4 is 4.74 Å². The van der Waals surface area contributed by atoms with E-state index in [2.05, 4.69) is 28.9 Å². The van der Waals surface area contributed by atoms with Gasteiger partial charge in [0.05, 0.1) is 15.1 Å². The number of aliphatic imine (C=N–C) groups is 1. The first-order valence-electron chi connectivity index (χ1n) is 11.0. The molecular formula is C27H24BrFN2O2S. The van der Waals surface area contributed by atoms with Gasteiger partial charge in [0.25, 0.3) is 5.91 Å². The zero-order chi connectivity index (χ0) is 24.1. The van der Waals surface area contributed by atoms with Crippen molar-refractivity contribution in [3.05, 3.63) is 98.6 Å². The lowest BCUT2D eigenvalue weighted by atomic mass is 10.1. The second-order valence-electron chi connectivity index (χ2n) is 7.64. The lowest BCUT2D eigenvalue weighted by molar-refractivity contribution is -0.122. The summed E-state index contributed by atoms with van der Waals surface area (Å²) in [5.74, 6) is 0.351. The second-order valence-corrected chi connectivity index (χ2v) is 9.51. The average Bonchev–Trinajstić information content (AvgIpc) is 3.13. The standard InChI is InChI=1S/C27H24BrFN2O2S/c1-3-20-7-5-6-8-23(20)30-27-31(4-2)26(32)25(34-27)16-19-11-14-24(22(28)15-19)33-17-18-9-12-21(29)13-10-18/h5-16H,3-4,17H2,1-2H3/b25-16+,30-27?. The smallest absolute Gasteiger partial charge is 0.266 e. The van der Waals surface area contributed by atoms with Gasteiger partial charge >= 0.3 is 0 Å². The highest BCUT2D eigenvalue weighted by molar-refractivity contribution is 9.10. The molecule has 1 aliphatic heterocycles. The maximum Gasteiger partial charge on any atom is 0.266 e. The van der Waals surface area contributed by atoms with E-state index in [4.69, 9.17) is 9.73 Å². The number of amides is 1. The Bertz CT molecular complexity index is 1260. The molecule has 0 N–H and O–H groups in total. The number of hydrogen-bond donors (Lipinski definition) is 0. The molecule has 3 aromatic carbocycles. The summed E-state index contributed by atoms with van der Waals surface area (Å²) in [7, 11) is 0. The van der Waals surface area contributed by atoms with Gasteiger partial charge in [-0.25, -0.2) is 9.38 Å². The first kappa shape index (κ1) is 24.2. The molecule has 34 heavy (non-hydrogen) atoms. The third kappa shape index (κ3) is 5.59. The largest absolute Gasteiger partial charge is 0.488 e. The molecule has 1 aliphatic rings. The molecule has 1 amide bonds. The maximum atomic E-state index is 13.1. The lowest BCUT2D eigenvalue weighted by Crippen LogP contribution is -2.28. The van der Waals surface area contributed by atoms with Gasteiger partial charge in [-0.3, -0.25) is 9.69 Å². The number of halogens is 2. The summed E-state index contributed by atoms with van der Waals surface area (Å²) in [4.78, 5) is 20.2. The van der Waals surface area contributed by atoms with Gasteiger partial charge in [-0.1, -0.05) is 43.3 Å². The zero-order valence-corrected chi connectivity index (χ0v) is 21.3. The Hall–Kier alpha value is -2.90. The predicted molar refractivity (Wildman–Crippen MR) is 141 cm³/mol. The molecule has 0 radical (unpaired) electrons. The predicted octanol–water partition coefficient (Wildman–Crippen LogP) is 7.35.